The van der Waals surface area contributed by atoms with E-state index < -0.39 is 33.9 Å². The van der Waals surface area contributed by atoms with E-state index >= 15 is 0 Å². The summed E-state index contributed by atoms with van der Waals surface area (Å²) in [5, 5.41) is 3.46. The first-order valence-electron chi connectivity index (χ1n) is 6.51. The third kappa shape index (κ3) is 22.1. The first kappa shape index (κ1) is 24.0. The van der Waals surface area contributed by atoms with E-state index in [4.69, 9.17) is 4.89 Å². The Morgan fingerprint density at radius 2 is 1.18 bits per heavy atom. The van der Waals surface area contributed by atoms with Crippen molar-refractivity contribution in [2.75, 3.05) is 13.2 Å². The Hall–Kier alpha value is -0.210. The van der Waals surface area contributed by atoms with Gasteiger partial charge >= 0.3 is 7.82 Å². The smallest absolute Gasteiger partial charge is 0.307 e. The van der Waals surface area contributed by atoms with Gasteiger partial charge in [0.25, 0.3) is 12.9 Å². The molecule has 0 bridgehead atoms. The second-order valence-corrected chi connectivity index (χ2v) is 7.92. The molecule has 0 aliphatic carbocycles. The Bertz CT molecular complexity index is 315. The van der Waals surface area contributed by atoms with Crippen molar-refractivity contribution in [2.45, 2.75) is 65.5 Å². The van der Waals surface area contributed by atoms with Gasteiger partial charge in [0.1, 0.15) is 13.2 Å². The number of phosphoric acid groups is 1. The zero-order valence-corrected chi connectivity index (χ0v) is 14.6. The van der Waals surface area contributed by atoms with Crippen molar-refractivity contribution in [1.29, 1.82) is 0 Å². The number of rotatable bonds is 6. The summed E-state index contributed by atoms with van der Waals surface area (Å²) in [5.74, 6) is 0. The van der Waals surface area contributed by atoms with Gasteiger partial charge < -0.3 is 10.2 Å². The van der Waals surface area contributed by atoms with Gasteiger partial charge in [-0.05, 0) is 41.5 Å². The molecule has 0 unspecified atom stereocenters. The van der Waals surface area contributed by atoms with Crippen LogP contribution in [0.4, 0.5) is 17.6 Å². The van der Waals surface area contributed by atoms with Gasteiger partial charge in [-0.2, -0.15) is 0 Å². The predicted molar refractivity (Wildman–Crippen MR) is 76.4 cm³/mol. The summed E-state index contributed by atoms with van der Waals surface area (Å²) in [5.41, 5.74) is 0.469. The molecule has 0 aliphatic heterocycles. The van der Waals surface area contributed by atoms with Crippen molar-refractivity contribution < 1.29 is 36.1 Å². The maximum atomic E-state index is 11.4. The zero-order valence-electron chi connectivity index (χ0n) is 13.7. The van der Waals surface area contributed by atoms with Crippen LogP contribution in [0.2, 0.25) is 0 Å². The maximum absolute atomic E-state index is 11.4. The highest BCUT2D eigenvalue weighted by Crippen LogP contribution is 2.43. The van der Waals surface area contributed by atoms with Gasteiger partial charge in [-0.25, -0.2) is 22.1 Å². The van der Waals surface area contributed by atoms with Gasteiger partial charge in [-0.15, -0.1) is 0 Å². The molecular formula is C12H26F4NO4P. The summed E-state index contributed by atoms with van der Waals surface area (Å²) in [6.45, 7) is 10.4. The minimum atomic E-state index is -4.76. The molecule has 0 aromatic carbocycles. The minimum Gasteiger partial charge on any atom is -0.307 e. The van der Waals surface area contributed by atoms with Crippen molar-refractivity contribution in [3.8, 4) is 0 Å². The van der Waals surface area contributed by atoms with Crippen molar-refractivity contribution in [3.63, 3.8) is 0 Å². The van der Waals surface area contributed by atoms with E-state index in [0.717, 1.165) is 0 Å². The molecule has 0 radical (unpaired) electrons. The minimum absolute atomic E-state index is 0.234. The molecule has 0 aromatic rings. The number of halogens is 4. The molecule has 0 amide bonds. The van der Waals surface area contributed by atoms with Crippen LogP contribution in [-0.2, 0) is 13.6 Å². The first-order valence-corrected chi connectivity index (χ1v) is 8.01. The third-order valence-electron chi connectivity index (χ3n) is 1.48. The zero-order chi connectivity index (χ0) is 18.2. The van der Waals surface area contributed by atoms with Gasteiger partial charge in [0.2, 0.25) is 0 Å². The van der Waals surface area contributed by atoms with Gasteiger partial charge in [-0.1, -0.05) is 0 Å². The Balaban J connectivity index is 0. The quantitative estimate of drug-likeness (QED) is 0.560. The molecule has 10 heteroatoms. The summed E-state index contributed by atoms with van der Waals surface area (Å²) in [7, 11) is -4.76. The Kier molecular flexibility index (Phi) is 10.7. The van der Waals surface area contributed by atoms with E-state index in [0.29, 0.717) is 0 Å². The standard InChI is InChI=1S/C8H19N.C4H7F4O4P/c1-7(2,3)9-8(4,5)6;5-3(6)1-11-13(9,10)12-2-4(7)8/h9H,1-6H3;3-4H,1-2H2,(H,9,10). The second kappa shape index (κ2) is 9.82. The van der Waals surface area contributed by atoms with Crippen molar-refractivity contribution >= 4 is 7.82 Å². The lowest BCUT2D eigenvalue weighted by Gasteiger charge is -2.31. The number of alkyl halides is 4. The molecule has 0 aliphatic rings. The van der Waals surface area contributed by atoms with Crippen molar-refractivity contribution in [3.05, 3.63) is 0 Å². The lowest BCUT2D eigenvalue weighted by atomic mass is 10.0. The summed E-state index contributed by atoms with van der Waals surface area (Å²) in [6, 6.07) is 0. The molecule has 0 atom stereocenters. The maximum Gasteiger partial charge on any atom is 0.472 e. The van der Waals surface area contributed by atoms with E-state index in [-0.39, 0.29) is 11.1 Å². The van der Waals surface area contributed by atoms with Crippen LogP contribution in [0.1, 0.15) is 41.5 Å². The lowest BCUT2D eigenvalue weighted by molar-refractivity contribution is 0.0292. The van der Waals surface area contributed by atoms with Crippen LogP contribution in [0, 0.1) is 0 Å². The molecule has 0 spiro atoms. The Morgan fingerprint density at radius 3 is 1.32 bits per heavy atom. The van der Waals surface area contributed by atoms with Crippen LogP contribution in [0.3, 0.4) is 0 Å². The Morgan fingerprint density at radius 1 is 0.909 bits per heavy atom. The van der Waals surface area contributed by atoms with Crippen LogP contribution in [0.5, 0.6) is 0 Å². The molecule has 0 rings (SSSR count). The van der Waals surface area contributed by atoms with Crippen LogP contribution in [0.15, 0.2) is 0 Å². The summed E-state index contributed by atoms with van der Waals surface area (Å²) < 4.78 is 63.4. The first-order chi connectivity index (χ1) is 9.54. The van der Waals surface area contributed by atoms with E-state index in [9.17, 15) is 22.1 Å². The fraction of sp³-hybridized carbons (Fsp3) is 1.00. The Labute approximate surface area is 129 Å². The molecule has 0 heterocycles. The highest BCUT2D eigenvalue weighted by molar-refractivity contribution is 7.47. The summed E-state index contributed by atoms with van der Waals surface area (Å²) in [6.07, 6.45) is -5.92. The monoisotopic (exact) mass is 355 g/mol. The number of hydrogen-bond acceptors (Lipinski definition) is 4. The van der Waals surface area contributed by atoms with Crippen molar-refractivity contribution in [1.82, 2.24) is 5.32 Å². The molecule has 22 heavy (non-hydrogen) atoms. The number of hydrogen-bond donors (Lipinski definition) is 2. The molecular weight excluding hydrogens is 329 g/mol. The lowest BCUT2D eigenvalue weighted by Crippen LogP contribution is -2.48. The molecule has 0 fully saturated rings. The summed E-state index contributed by atoms with van der Waals surface area (Å²) >= 11 is 0. The predicted octanol–water partition coefficient (Wildman–Crippen LogP) is 3.82. The fourth-order valence-corrected chi connectivity index (χ4v) is 2.14. The molecule has 0 saturated carbocycles. The van der Waals surface area contributed by atoms with Gasteiger partial charge in [0.15, 0.2) is 0 Å². The highest BCUT2D eigenvalue weighted by atomic mass is 31.2. The van der Waals surface area contributed by atoms with E-state index in [1.54, 1.807) is 0 Å². The second-order valence-electron chi connectivity index (χ2n) is 6.47. The largest absolute Gasteiger partial charge is 0.472 e. The molecule has 136 valence electrons. The molecule has 5 nitrogen and oxygen atoms in total. The van der Waals surface area contributed by atoms with Crippen LogP contribution in [-0.4, -0.2) is 42.0 Å². The van der Waals surface area contributed by atoms with Crippen molar-refractivity contribution in [2.24, 2.45) is 0 Å². The highest BCUT2D eigenvalue weighted by Gasteiger charge is 2.24. The average molecular weight is 355 g/mol. The van der Waals surface area contributed by atoms with E-state index in [1.165, 1.54) is 0 Å². The van der Waals surface area contributed by atoms with Crippen LogP contribution >= 0.6 is 7.82 Å². The van der Waals surface area contributed by atoms with Crippen LogP contribution in [0.25, 0.3) is 0 Å². The summed E-state index contributed by atoms with van der Waals surface area (Å²) in [4.78, 5) is 8.46. The number of phosphoric ester groups is 1. The van der Waals surface area contributed by atoms with Gasteiger partial charge in [0.05, 0.1) is 0 Å². The topological polar surface area (TPSA) is 67.8 Å². The van der Waals surface area contributed by atoms with Crippen LogP contribution < -0.4 is 5.32 Å². The van der Waals surface area contributed by atoms with Gasteiger partial charge in [0, 0.05) is 11.1 Å². The molecule has 0 aromatic heterocycles. The third-order valence-corrected chi connectivity index (χ3v) is 2.43. The van der Waals surface area contributed by atoms with Gasteiger partial charge in [-0.3, -0.25) is 9.05 Å². The molecule has 2 N–H and O–H groups in total. The fourth-order valence-electron chi connectivity index (χ4n) is 1.46. The van der Waals surface area contributed by atoms with E-state index in [2.05, 4.69) is 55.9 Å². The SMILES string of the molecule is CC(C)(C)NC(C)(C)C.O=P(O)(OCC(F)F)OCC(F)F. The average Bonchev–Trinajstić information content (AvgIpc) is 2.20. The van der Waals surface area contributed by atoms with E-state index in [1.807, 2.05) is 0 Å². The molecule has 0 saturated heterocycles. The normalized spacial score (nSPS) is 13.3. The number of nitrogens with one attached hydrogen (secondary N) is 1.